The van der Waals surface area contributed by atoms with Gasteiger partial charge in [0.05, 0.1) is 6.26 Å². The van der Waals surface area contributed by atoms with Gasteiger partial charge in [-0.25, -0.2) is 4.79 Å². The molecule has 23 heavy (non-hydrogen) atoms. The molecule has 1 aromatic heterocycles. The fraction of sp³-hybridized carbons (Fsp3) is 0.294. The summed E-state index contributed by atoms with van der Waals surface area (Å²) < 4.78 is 5.38. The van der Waals surface area contributed by atoms with Gasteiger partial charge >= 0.3 is 5.97 Å². The Kier molecular flexibility index (Phi) is 4.71. The van der Waals surface area contributed by atoms with E-state index in [0.717, 1.165) is 5.56 Å². The normalized spacial score (nSPS) is 20.6. The van der Waals surface area contributed by atoms with Crippen molar-refractivity contribution in [3.8, 4) is 0 Å². The Morgan fingerprint density at radius 3 is 2.65 bits per heavy atom. The largest absolute Gasteiger partial charge is 0.480 e. The van der Waals surface area contributed by atoms with E-state index in [1.165, 1.54) is 22.9 Å². The molecule has 120 valence electrons. The summed E-state index contributed by atoms with van der Waals surface area (Å²) in [4.78, 5) is 25.6. The van der Waals surface area contributed by atoms with Gasteiger partial charge in [-0.15, -0.1) is 11.8 Å². The number of carboxylic acid groups (broad SMARTS) is 1. The average Bonchev–Trinajstić information content (AvgIpc) is 3.22. The highest BCUT2D eigenvalue weighted by molar-refractivity contribution is 7.99. The minimum Gasteiger partial charge on any atom is -0.480 e. The molecule has 0 aliphatic carbocycles. The molecule has 3 rings (SSSR count). The van der Waals surface area contributed by atoms with Crippen LogP contribution in [0.1, 0.15) is 23.1 Å². The van der Waals surface area contributed by atoms with Crippen LogP contribution in [-0.4, -0.2) is 33.7 Å². The molecule has 0 spiro atoms. The summed E-state index contributed by atoms with van der Waals surface area (Å²) in [6.45, 7) is 0. The standard InChI is InChI=1S/C17H17NO4S/c19-15(9-8-12-5-2-1-3-6-12)18-13(17(20)21)11-23-16(18)14-7-4-10-22-14/h1-7,10,13,16H,8-9,11H2,(H,20,21). The zero-order valence-electron chi connectivity index (χ0n) is 12.4. The number of nitrogens with zero attached hydrogens (tertiary/aromatic N) is 1. The SMILES string of the molecule is O=C(O)C1CSC(c2ccco2)N1C(=O)CCc1ccccc1. The lowest BCUT2D eigenvalue weighted by atomic mass is 10.1. The summed E-state index contributed by atoms with van der Waals surface area (Å²) in [5.74, 6) is -0.142. The number of thioether (sulfide) groups is 1. The van der Waals surface area contributed by atoms with Gasteiger partial charge in [-0.05, 0) is 24.1 Å². The molecule has 1 aliphatic heterocycles. The van der Waals surface area contributed by atoms with Crippen molar-refractivity contribution in [1.82, 2.24) is 4.90 Å². The summed E-state index contributed by atoms with van der Waals surface area (Å²) in [6, 6.07) is 12.4. The summed E-state index contributed by atoms with van der Waals surface area (Å²) in [5.41, 5.74) is 1.06. The van der Waals surface area contributed by atoms with Gasteiger partial charge in [0.25, 0.3) is 0 Å². The van der Waals surface area contributed by atoms with Crippen molar-refractivity contribution >= 4 is 23.6 Å². The maximum atomic E-state index is 12.6. The Labute approximate surface area is 138 Å². The van der Waals surface area contributed by atoms with Crippen LogP contribution in [-0.2, 0) is 16.0 Å². The van der Waals surface area contributed by atoms with E-state index < -0.39 is 12.0 Å². The van der Waals surface area contributed by atoms with Gasteiger partial charge in [0.1, 0.15) is 17.2 Å². The maximum Gasteiger partial charge on any atom is 0.327 e. The number of furan rings is 1. The van der Waals surface area contributed by atoms with Crippen LogP contribution in [0.25, 0.3) is 0 Å². The van der Waals surface area contributed by atoms with Crippen molar-refractivity contribution in [2.24, 2.45) is 0 Å². The summed E-state index contributed by atoms with van der Waals surface area (Å²) >= 11 is 1.43. The second kappa shape index (κ2) is 6.91. The van der Waals surface area contributed by atoms with Crippen LogP contribution in [0.4, 0.5) is 0 Å². The van der Waals surface area contributed by atoms with Crippen LogP contribution in [0.15, 0.2) is 53.1 Å². The second-order valence-electron chi connectivity index (χ2n) is 5.34. The molecule has 2 atom stereocenters. The third kappa shape index (κ3) is 3.42. The molecular formula is C17H17NO4S. The van der Waals surface area contributed by atoms with E-state index in [-0.39, 0.29) is 17.7 Å². The molecule has 2 aromatic rings. The maximum absolute atomic E-state index is 12.6. The van der Waals surface area contributed by atoms with Crippen LogP contribution < -0.4 is 0 Å². The quantitative estimate of drug-likeness (QED) is 0.912. The molecule has 2 unspecified atom stereocenters. The van der Waals surface area contributed by atoms with Gasteiger partial charge < -0.3 is 14.4 Å². The van der Waals surface area contributed by atoms with Crippen LogP contribution in [0, 0.1) is 0 Å². The number of benzene rings is 1. The smallest absolute Gasteiger partial charge is 0.327 e. The molecular weight excluding hydrogens is 314 g/mol. The monoisotopic (exact) mass is 331 g/mol. The first-order valence-electron chi connectivity index (χ1n) is 7.39. The minimum absolute atomic E-state index is 0.160. The van der Waals surface area contributed by atoms with Gasteiger partial charge in [-0.1, -0.05) is 30.3 Å². The third-order valence-electron chi connectivity index (χ3n) is 3.83. The first-order chi connectivity index (χ1) is 11.2. The van der Waals surface area contributed by atoms with Crippen molar-refractivity contribution in [1.29, 1.82) is 0 Å². The van der Waals surface area contributed by atoms with Gasteiger partial charge in [0, 0.05) is 12.2 Å². The van der Waals surface area contributed by atoms with E-state index in [9.17, 15) is 14.7 Å². The zero-order chi connectivity index (χ0) is 16.2. The van der Waals surface area contributed by atoms with Crippen molar-refractivity contribution in [3.05, 3.63) is 60.1 Å². The van der Waals surface area contributed by atoms with Gasteiger partial charge in [0.15, 0.2) is 0 Å². The number of carboxylic acids is 1. The molecule has 1 aromatic carbocycles. The van der Waals surface area contributed by atoms with Crippen LogP contribution in [0.3, 0.4) is 0 Å². The fourth-order valence-electron chi connectivity index (χ4n) is 2.68. The molecule has 1 aliphatic rings. The van der Waals surface area contributed by atoms with E-state index in [2.05, 4.69) is 0 Å². The number of hydrogen-bond donors (Lipinski definition) is 1. The number of amides is 1. The Hall–Kier alpha value is -2.21. The number of carbonyl (C=O) groups is 2. The van der Waals surface area contributed by atoms with Gasteiger partial charge in [-0.2, -0.15) is 0 Å². The lowest BCUT2D eigenvalue weighted by molar-refractivity contribution is -0.149. The number of carbonyl (C=O) groups excluding carboxylic acids is 1. The molecule has 2 heterocycles. The molecule has 0 saturated carbocycles. The highest BCUT2D eigenvalue weighted by atomic mass is 32.2. The van der Waals surface area contributed by atoms with Gasteiger partial charge in [0.2, 0.25) is 5.91 Å². The summed E-state index contributed by atoms with van der Waals surface area (Å²) in [7, 11) is 0. The number of hydrogen-bond acceptors (Lipinski definition) is 4. The molecule has 6 heteroatoms. The predicted octanol–water partition coefficient (Wildman–Crippen LogP) is 2.94. The first-order valence-corrected chi connectivity index (χ1v) is 8.44. The Morgan fingerprint density at radius 1 is 1.22 bits per heavy atom. The molecule has 1 N–H and O–H groups in total. The van der Waals surface area contributed by atoms with Crippen molar-refractivity contribution in [2.45, 2.75) is 24.3 Å². The Bertz CT molecular complexity index is 671. The molecule has 1 fully saturated rings. The molecule has 1 amide bonds. The third-order valence-corrected chi connectivity index (χ3v) is 5.11. The van der Waals surface area contributed by atoms with Gasteiger partial charge in [-0.3, -0.25) is 4.79 Å². The van der Waals surface area contributed by atoms with Crippen LogP contribution in [0.5, 0.6) is 0 Å². The Balaban J connectivity index is 1.74. The van der Waals surface area contributed by atoms with Crippen molar-refractivity contribution in [2.75, 3.05) is 5.75 Å². The van der Waals surface area contributed by atoms with E-state index in [1.54, 1.807) is 12.1 Å². The molecule has 0 bridgehead atoms. The van der Waals surface area contributed by atoms with Crippen LogP contribution in [0.2, 0.25) is 0 Å². The first kappa shape index (κ1) is 15.7. The van der Waals surface area contributed by atoms with Crippen molar-refractivity contribution in [3.63, 3.8) is 0 Å². The van der Waals surface area contributed by atoms with Crippen molar-refractivity contribution < 1.29 is 19.1 Å². The van der Waals surface area contributed by atoms with E-state index in [0.29, 0.717) is 17.9 Å². The molecule has 0 radical (unpaired) electrons. The van der Waals surface area contributed by atoms with E-state index in [4.69, 9.17) is 4.42 Å². The molecule has 5 nitrogen and oxygen atoms in total. The second-order valence-corrected chi connectivity index (χ2v) is 6.45. The van der Waals surface area contributed by atoms with Crippen LogP contribution >= 0.6 is 11.8 Å². The fourth-order valence-corrected chi connectivity index (χ4v) is 4.07. The number of aryl methyl sites for hydroxylation is 1. The highest BCUT2D eigenvalue weighted by Crippen LogP contribution is 2.42. The van der Waals surface area contributed by atoms with E-state index in [1.807, 2.05) is 30.3 Å². The topological polar surface area (TPSA) is 70.8 Å². The number of rotatable bonds is 5. The summed E-state index contributed by atoms with van der Waals surface area (Å²) in [6.07, 6.45) is 2.42. The summed E-state index contributed by atoms with van der Waals surface area (Å²) in [5, 5.41) is 9.03. The zero-order valence-corrected chi connectivity index (χ0v) is 13.2. The lowest BCUT2D eigenvalue weighted by Gasteiger charge is -2.26. The Morgan fingerprint density at radius 2 is 2.00 bits per heavy atom. The van der Waals surface area contributed by atoms with E-state index >= 15 is 0 Å². The predicted molar refractivity (Wildman–Crippen MR) is 86.9 cm³/mol. The highest BCUT2D eigenvalue weighted by Gasteiger charge is 2.43. The average molecular weight is 331 g/mol. The molecule has 1 saturated heterocycles. The lowest BCUT2D eigenvalue weighted by Crippen LogP contribution is -2.43. The number of aliphatic carboxylic acids is 1. The minimum atomic E-state index is -0.973.